The molecule has 4 rings (SSSR count). The molecule has 1 unspecified atom stereocenters. The molecule has 2 aromatic rings. The van der Waals surface area contributed by atoms with Crippen LogP contribution in [0, 0.1) is 11.3 Å². The van der Waals surface area contributed by atoms with Crippen LogP contribution in [0.1, 0.15) is 23.6 Å². The number of carbonyl (C=O) groups is 1. The van der Waals surface area contributed by atoms with Crippen LogP contribution in [0.5, 0.6) is 11.5 Å². The van der Waals surface area contributed by atoms with Crippen molar-refractivity contribution in [3.63, 3.8) is 0 Å². The number of nitrogens with zero attached hydrogens (tertiary/aromatic N) is 1. The van der Waals surface area contributed by atoms with Crippen LogP contribution in [0.4, 0.5) is 0 Å². The van der Waals surface area contributed by atoms with Crippen molar-refractivity contribution in [2.45, 2.75) is 12.5 Å². The lowest BCUT2D eigenvalue weighted by Crippen LogP contribution is -2.33. The maximum absolute atomic E-state index is 11.9. The molecule has 0 aliphatic carbocycles. The van der Waals surface area contributed by atoms with E-state index >= 15 is 0 Å². The highest BCUT2D eigenvalue weighted by molar-refractivity contribution is 5.89. The quantitative estimate of drug-likeness (QED) is 0.697. The SMILES string of the molecule is CC1=CC(=O)OC12c1ccccc1Oc1cc(C#N)ccc12. The summed E-state index contributed by atoms with van der Waals surface area (Å²) in [6.45, 7) is 1.87. The molecule has 0 saturated carbocycles. The first-order valence-corrected chi connectivity index (χ1v) is 6.89. The number of ether oxygens (including phenoxy) is 2. The maximum atomic E-state index is 11.9. The van der Waals surface area contributed by atoms with Gasteiger partial charge >= 0.3 is 5.97 Å². The van der Waals surface area contributed by atoms with Gasteiger partial charge in [-0.15, -0.1) is 0 Å². The van der Waals surface area contributed by atoms with Crippen molar-refractivity contribution >= 4 is 5.97 Å². The summed E-state index contributed by atoms with van der Waals surface area (Å²) >= 11 is 0. The number of carbonyl (C=O) groups excluding carboxylic acids is 1. The molecule has 0 fully saturated rings. The molecule has 2 heterocycles. The largest absolute Gasteiger partial charge is 0.456 e. The summed E-state index contributed by atoms with van der Waals surface area (Å²) in [5.41, 5.74) is 1.88. The van der Waals surface area contributed by atoms with Crippen LogP contribution in [0.3, 0.4) is 0 Å². The van der Waals surface area contributed by atoms with E-state index in [1.54, 1.807) is 18.2 Å². The van der Waals surface area contributed by atoms with Gasteiger partial charge in [0.1, 0.15) is 11.5 Å². The standard InChI is InChI=1S/C18H11NO3/c1-11-8-17(20)22-18(11)13-4-2-3-5-15(13)21-16-9-12(10-19)6-7-14(16)18/h2-9H,1H3. The van der Waals surface area contributed by atoms with Crippen LogP contribution in [0.25, 0.3) is 0 Å². The van der Waals surface area contributed by atoms with Crippen molar-refractivity contribution in [1.82, 2.24) is 0 Å². The third-order valence-electron chi connectivity index (χ3n) is 4.12. The first kappa shape index (κ1) is 12.7. The molecule has 106 valence electrons. The lowest BCUT2D eigenvalue weighted by molar-refractivity contribution is -0.144. The van der Waals surface area contributed by atoms with Gasteiger partial charge in [0.25, 0.3) is 0 Å². The Kier molecular flexibility index (Phi) is 2.43. The highest BCUT2D eigenvalue weighted by Crippen LogP contribution is 2.54. The minimum absolute atomic E-state index is 0.371. The highest BCUT2D eigenvalue weighted by Gasteiger charge is 2.50. The van der Waals surface area contributed by atoms with Gasteiger partial charge in [-0.1, -0.05) is 18.2 Å². The van der Waals surface area contributed by atoms with E-state index < -0.39 is 5.60 Å². The van der Waals surface area contributed by atoms with Gasteiger partial charge in [0.15, 0.2) is 5.60 Å². The van der Waals surface area contributed by atoms with Gasteiger partial charge in [0.2, 0.25) is 0 Å². The number of rotatable bonds is 0. The molecule has 1 atom stereocenters. The molecule has 0 radical (unpaired) electrons. The van der Waals surface area contributed by atoms with Crippen LogP contribution in [0.2, 0.25) is 0 Å². The van der Waals surface area contributed by atoms with Crippen LogP contribution in [0.15, 0.2) is 54.1 Å². The normalized spacial score (nSPS) is 21.3. The topological polar surface area (TPSA) is 59.3 Å². The van der Waals surface area contributed by atoms with E-state index in [4.69, 9.17) is 14.7 Å². The molecule has 4 heteroatoms. The number of para-hydroxylation sites is 1. The number of nitriles is 1. The summed E-state index contributed by atoms with van der Waals surface area (Å²) in [6.07, 6.45) is 1.50. The van der Waals surface area contributed by atoms with Crippen molar-refractivity contribution < 1.29 is 14.3 Å². The van der Waals surface area contributed by atoms with Crippen LogP contribution in [-0.4, -0.2) is 5.97 Å². The Balaban J connectivity index is 2.06. The Morgan fingerprint density at radius 3 is 2.59 bits per heavy atom. The van der Waals surface area contributed by atoms with Gasteiger partial charge in [-0.3, -0.25) is 0 Å². The lowest BCUT2D eigenvalue weighted by atomic mass is 9.78. The van der Waals surface area contributed by atoms with Crippen LogP contribution >= 0.6 is 0 Å². The summed E-state index contributed by atoms with van der Waals surface area (Å²) in [7, 11) is 0. The van der Waals surface area contributed by atoms with Crippen molar-refractivity contribution in [3.05, 3.63) is 70.8 Å². The molecule has 22 heavy (non-hydrogen) atoms. The smallest absolute Gasteiger partial charge is 0.332 e. The molecule has 2 aliphatic rings. The van der Waals surface area contributed by atoms with E-state index in [9.17, 15) is 4.79 Å². The number of fused-ring (bicyclic) bond motifs is 4. The molecular formula is C18H11NO3. The molecule has 0 bridgehead atoms. The lowest BCUT2D eigenvalue weighted by Gasteiger charge is -2.37. The maximum Gasteiger partial charge on any atom is 0.332 e. The van der Waals surface area contributed by atoms with E-state index in [0.717, 1.165) is 16.7 Å². The zero-order chi connectivity index (χ0) is 15.3. The van der Waals surface area contributed by atoms with E-state index in [2.05, 4.69) is 6.07 Å². The summed E-state index contributed by atoms with van der Waals surface area (Å²) in [4.78, 5) is 11.9. The zero-order valence-corrected chi connectivity index (χ0v) is 11.8. The number of esters is 1. The summed E-state index contributed by atoms with van der Waals surface area (Å²) in [5, 5.41) is 9.08. The van der Waals surface area contributed by atoms with Crippen molar-refractivity contribution in [3.8, 4) is 17.6 Å². The summed E-state index contributed by atoms with van der Waals surface area (Å²) < 4.78 is 11.7. The minimum Gasteiger partial charge on any atom is -0.456 e. The Hall–Kier alpha value is -3.06. The summed E-state index contributed by atoms with van der Waals surface area (Å²) in [5.74, 6) is 0.803. The van der Waals surface area contributed by atoms with Crippen LogP contribution < -0.4 is 4.74 Å². The number of hydrogen-bond acceptors (Lipinski definition) is 4. The number of hydrogen-bond donors (Lipinski definition) is 0. The highest BCUT2D eigenvalue weighted by atomic mass is 16.6. The van der Waals surface area contributed by atoms with Crippen LogP contribution in [-0.2, 0) is 15.1 Å². The number of benzene rings is 2. The fourth-order valence-corrected chi connectivity index (χ4v) is 3.15. The first-order chi connectivity index (χ1) is 10.6. The second-order valence-electron chi connectivity index (χ2n) is 5.35. The predicted molar refractivity (Wildman–Crippen MR) is 78.3 cm³/mol. The second-order valence-corrected chi connectivity index (χ2v) is 5.35. The van der Waals surface area contributed by atoms with E-state index in [1.807, 2.05) is 31.2 Å². The van der Waals surface area contributed by atoms with E-state index in [1.165, 1.54) is 6.08 Å². The molecule has 0 aromatic heterocycles. The fourth-order valence-electron chi connectivity index (χ4n) is 3.15. The third kappa shape index (κ3) is 1.48. The predicted octanol–water partition coefficient (Wildman–Crippen LogP) is 3.41. The van der Waals surface area contributed by atoms with Gasteiger partial charge in [-0.2, -0.15) is 5.26 Å². The van der Waals surface area contributed by atoms with E-state index in [-0.39, 0.29) is 5.97 Å². The first-order valence-electron chi connectivity index (χ1n) is 6.89. The average molecular weight is 289 g/mol. The van der Waals surface area contributed by atoms with Gasteiger partial charge in [0, 0.05) is 17.2 Å². The minimum atomic E-state index is -0.963. The molecule has 0 saturated heterocycles. The molecule has 0 amide bonds. The molecule has 2 aliphatic heterocycles. The Bertz CT molecular complexity index is 891. The Labute approximate surface area is 127 Å². The average Bonchev–Trinajstić information content (AvgIpc) is 2.82. The van der Waals surface area contributed by atoms with Crippen molar-refractivity contribution in [2.75, 3.05) is 0 Å². The van der Waals surface area contributed by atoms with Crippen molar-refractivity contribution in [1.29, 1.82) is 5.26 Å². The fraction of sp³-hybridized carbons (Fsp3) is 0.111. The van der Waals surface area contributed by atoms with E-state index in [0.29, 0.717) is 17.1 Å². The molecular weight excluding hydrogens is 278 g/mol. The molecule has 4 nitrogen and oxygen atoms in total. The van der Waals surface area contributed by atoms with Gasteiger partial charge < -0.3 is 9.47 Å². The molecule has 2 aromatic carbocycles. The monoisotopic (exact) mass is 289 g/mol. The molecule has 1 spiro atoms. The second kappa shape index (κ2) is 4.22. The molecule has 0 N–H and O–H groups in total. The van der Waals surface area contributed by atoms with Gasteiger partial charge in [-0.05, 0) is 36.8 Å². The zero-order valence-electron chi connectivity index (χ0n) is 11.8. The van der Waals surface area contributed by atoms with Gasteiger partial charge in [0.05, 0.1) is 11.6 Å². The van der Waals surface area contributed by atoms with Crippen molar-refractivity contribution in [2.24, 2.45) is 0 Å². The van der Waals surface area contributed by atoms with Gasteiger partial charge in [-0.25, -0.2) is 4.79 Å². The summed E-state index contributed by atoms with van der Waals surface area (Å²) in [6, 6.07) is 14.7. The Morgan fingerprint density at radius 1 is 1.09 bits per heavy atom. The third-order valence-corrected chi connectivity index (χ3v) is 4.12. The Morgan fingerprint density at radius 2 is 1.86 bits per heavy atom.